The predicted octanol–water partition coefficient (Wildman–Crippen LogP) is 5.82. The molecular formula is C25H30F3N3O. The Balaban J connectivity index is 1.66. The minimum Gasteiger partial charge on any atom is -0.373 e. The quantitative estimate of drug-likeness (QED) is 0.479. The number of imidazole rings is 1. The van der Waals surface area contributed by atoms with Crippen molar-refractivity contribution >= 4 is 11.0 Å². The summed E-state index contributed by atoms with van der Waals surface area (Å²) in [6.45, 7) is 6.65. The Morgan fingerprint density at radius 3 is 2.44 bits per heavy atom. The predicted molar refractivity (Wildman–Crippen MR) is 120 cm³/mol. The normalized spacial score (nSPS) is 18.2. The Morgan fingerprint density at radius 1 is 1.12 bits per heavy atom. The van der Waals surface area contributed by atoms with Crippen LogP contribution in [0.5, 0.6) is 0 Å². The summed E-state index contributed by atoms with van der Waals surface area (Å²) in [5.41, 5.74) is 1.96. The van der Waals surface area contributed by atoms with Crippen LogP contribution >= 0.6 is 0 Å². The van der Waals surface area contributed by atoms with E-state index in [1.165, 1.54) is 17.7 Å². The molecule has 1 aromatic heterocycles. The number of piperidine rings is 1. The van der Waals surface area contributed by atoms with Gasteiger partial charge in [0.05, 0.1) is 35.6 Å². The number of benzene rings is 2. The monoisotopic (exact) mass is 445 g/mol. The van der Waals surface area contributed by atoms with Crippen LogP contribution in [-0.2, 0) is 22.9 Å². The third-order valence-corrected chi connectivity index (χ3v) is 6.80. The molecule has 1 fully saturated rings. The van der Waals surface area contributed by atoms with Crippen molar-refractivity contribution in [3.05, 3.63) is 65.5 Å². The molecule has 1 unspecified atom stereocenters. The number of hydrogen-bond acceptors (Lipinski definition) is 3. The van der Waals surface area contributed by atoms with Crippen molar-refractivity contribution in [3.8, 4) is 0 Å². The van der Waals surface area contributed by atoms with Gasteiger partial charge in [0, 0.05) is 17.5 Å². The molecule has 1 atom stereocenters. The molecule has 172 valence electrons. The smallest absolute Gasteiger partial charge is 0.373 e. The number of halogens is 3. The fraction of sp³-hybridized carbons (Fsp3) is 0.480. The van der Waals surface area contributed by atoms with Gasteiger partial charge in [0.15, 0.2) is 0 Å². The molecule has 2 heterocycles. The standard InChI is InChI=1S/C25H30F3N3O/c1-4-31-17-29-23-21(14-20(15-22(23)31)25(26,27)28)18(2)32-16-24(10-12-30(3)13-11-24)19-8-6-5-7-9-19/h5-9,14-15,17-18H,4,10-13,16H2,1-3H3. The first-order chi connectivity index (χ1) is 15.2. The van der Waals surface area contributed by atoms with Crippen molar-refractivity contribution in [1.82, 2.24) is 14.5 Å². The summed E-state index contributed by atoms with van der Waals surface area (Å²) < 4.78 is 48.9. The Kier molecular flexibility index (Phi) is 6.32. The number of likely N-dealkylation sites (tertiary alicyclic amines) is 1. The van der Waals surface area contributed by atoms with Crippen molar-refractivity contribution in [3.63, 3.8) is 0 Å². The zero-order chi connectivity index (χ0) is 22.9. The molecule has 2 aromatic carbocycles. The van der Waals surface area contributed by atoms with Crippen LogP contribution in [0.1, 0.15) is 49.5 Å². The number of nitrogens with zero attached hydrogens (tertiary/aromatic N) is 3. The van der Waals surface area contributed by atoms with E-state index in [9.17, 15) is 13.2 Å². The third kappa shape index (κ3) is 4.41. The highest BCUT2D eigenvalue weighted by molar-refractivity contribution is 5.80. The van der Waals surface area contributed by atoms with Gasteiger partial charge >= 0.3 is 6.18 Å². The molecule has 0 saturated carbocycles. The van der Waals surface area contributed by atoms with E-state index in [1.54, 1.807) is 10.9 Å². The summed E-state index contributed by atoms with van der Waals surface area (Å²) in [6, 6.07) is 12.7. The molecule has 7 heteroatoms. The van der Waals surface area contributed by atoms with Gasteiger partial charge in [-0.15, -0.1) is 0 Å². The Morgan fingerprint density at radius 2 is 1.81 bits per heavy atom. The summed E-state index contributed by atoms with van der Waals surface area (Å²) in [7, 11) is 2.11. The molecule has 0 radical (unpaired) electrons. The highest BCUT2D eigenvalue weighted by atomic mass is 19.4. The van der Waals surface area contributed by atoms with Gasteiger partial charge in [0.25, 0.3) is 0 Å². The molecule has 0 amide bonds. The lowest BCUT2D eigenvalue weighted by atomic mass is 9.73. The Bertz CT molecular complexity index is 1050. The fourth-order valence-electron chi connectivity index (χ4n) is 4.64. The maximum atomic E-state index is 13.6. The van der Waals surface area contributed by atoms with Gasteiger partial charge in [-0.05, 0) is 64.5 Å². The van der Waals surface area contributed by atoms with Gasteiger partial charge < -0.3 is 14.2 Å². The number of alkyl halides is 3. The first kappa shape index (κ1) is 22.8. The van der Waals surface area contributed by atoms with E-state index in [-0.39, 0.29) is 5.41 Å². The van der Waals surface area contributed by atoms with Crippen LogP contribution in [0.25, 0.3) is 11.0 Å². The lowest BCUT2D eigenvalue weighted by Gasteiger charge is -2.41. The van der Waals surface area contributed by atoms with Crippen LogP contribution in [-0.4, -0.2) is 41.2 Å². The van der Waals surface area contributed by atoms with Gasteiger partial charge in [-0.25, -0.2) is 4.98 Å². The Labute approximate surface area is 187 Å². The van der Waals surface area contributed by atoms with E-state index in [4.69, 9.17) is 4.74 Å². The van der Waals surface area contributed by atoms with Gasteiger partial charge in [0.1, 0.15) is 0 Å². The highest BCUT2D eigenvalue weighted by Crippen LogP contribution is 2.39. The van der Waals surface area contributed by atoms with E-state index in [1.807, 2.05) is 32.0 Å². The molecule has 3 aromatic rings. The first-order valence-corrected chi connectivity index (χ1v) is 11.2. The van der Waals surface area contributed by atoms with Crippen molar-refractivity contribution < 1.29 is 17.9 Å². The maximum absolute atomic E-state index is 13.6. The van der Waals surface area contributed by atoms with Crippen molar-refractivity contribution in [2.24, 2.45) is 0 Å². The summed E-state index contributed by atoms with van der Waals surface area (Å²) in [4.78, 5) is 6.73. The fourth-order valence-corrected chi connectivity index (χ4v) is 4.64. The molecule has 1 saturated heterocycles. The van der Waals surface area contributed by atoms with Crippen LogP contribution in [0.2, 0.25) is 0 Å². The second kappa shape index (κ2) is 8.87. The van der Waals surface area contributed by atoms with Gasteiger partial charge in [0.2, 0.25) is 0 Å². The molecule has 1 aliphatic heterocycles. The number of hydrogen-bond donors (Lipinski definition) is 0. The number of aromatic nitrogens is 2. The van der Waals surface area contributed by atoms with E-state index in [0.717, 1.165) is 25.9 Å². The first-order valence-electron chi connectivity index (χ1n) is 11.2. The number of ether oxygens (including phenoxy) is 1. The summed E-state index contributed by atoms with van der Waals surface area (Å²) in [5.74, 6) is 0. The SMILES string of the molecule is CCn1cnc2c(C(C)OCC3(c4ccccc4)CCN(C)CC3)cc(C(F)(F)F)cc21. The average Bonchev–Trinajstić information content (AvgIpc) is 3.21. The molecule has 4 rings (SSSR count). The second-order valence-electron chi connectivity index (χ2n) is 8.86. The summed E-state index contributed by atoms with van der Waals surface area (Å²) >= 11 is 0. The van der Waals surface area contributed by atoms with Crippen LogP contribution < -0.4 is 0 Å². The molecular weight excluding hydrogens is 415 g/mol. The summed E-state index contributed by atoms with van der Waals surface area (Å²) in [5, 5.41) is 0. The maximum Gasteiger partial charge on any atom is 0.416 e. The minimum absolute atomic E-state index is 0.147. The van der Waals surface area contributed by atoms with E-state index in [0.29, 0.717) is 29.7 Å². The zero-order valence-corrected chi connectivity index (χ0v) is 18.8. The molecule has 1 aliphatic rings. The molecule has 0 bridgehead atoms. The molecule has 0 aliphatic carbocycles. The van der Waals surface area contributed by atoms with Crippen LogP contribution in [0.3, 0.4) is 0 Å². The zero-order valence-electron chi connectivity index (χ0n) is 18.8. The highest BCUT2D eigenvalue weighted by Gasteiger charge is 2.37. The number of fused-ring (bicyclic) bond motifs is 1. The molecule has 4 nitrogen and oxygen atoms in total. The van der Waals surface area contributed by atoms with Gasteiger partial charge in [-0.2, -0.15) is 13.2 Å². The number of rotatable bonds is 6. The largest absolute Gasteiger partial charge is 0.416 e. The van der Waals surface area contributed by atoms with E-state index < -0.39 is 17.8 Å². The van der Waals surface area contributed by atoms with E-state index in [2.05, 4.69) is 29.1 Å². The second-order valence-corrected chi connectivity index (χ2v) is 8.86. The molecule has 0 spiro atoms. The van der Waals surface area contributed by atoms with E-state index >= 15 is 0 Å². The topological polar surface area (TPSA) is 30.3 Å². The minimum atomic E-state index is -4.43. The van der Waals surface area contributed by atoms with Crippen molar-refractivity contribution in [2.45, 2.75) is 50.9 Å². The molecule has 32 heavy (non-hydrogen) atoms. The Hall–Kier alpha value is -2.38. The van der Waals surface area contributed by atoms with Crippen LogP contribution in [0.4, 0.5) is 13.2 Å². The van der Waals surface area contributed by atoms with Gasteiger partial charge in [-0.3, -0.25) is 0 Å². The average molecular weight is 446 g/mol. The van der Waals surface area contributed by atoms with Crippen LogP contribution in [0, 0.1) is 0 Å². The summed E-state index contributed by atoms with van der Waals surface area (Å²) in [6.07, 6.45) is -1.44. The molecule has 0 N–H and O–H groups in total. The van der Waals surface area contributed by atoms with Gasteiger partial charge in [-0.1, -0.05) is 30.3 Å². The number of aryl methyl sites for hydroxylation is 1. The van der Waals surface area contributed by atoms with Crippen molar-refractivity contribution in [1.29, 1.82) is 0 Å². The lowest BCUT2D eigenvalue weighted by Crippen LogP contribution is -2.44. The van der Waals surface area contributed by atoms with Crippen molar-refractivity contribution in [2.75, 3.05) is 26.7 Å². The van der Waals surface area contributed by atoms with Crippen LogP contribution in [0.15, 0.2) is 48.8 Å². The lowest BCUT2D eigenvalue weighted by molar-refractivity contribution is -0.137. The third-order valence-electron chi connectivity index (χ3n) is 6.80.